The predicted octanol–water partition coefficient (Wildman–Crippen LogP) is 1.62. The summed E-state index contributed by atoms with van der Waals surface area (Å²) in [6, 6.07) is 0. The van der Waals surface area contributed by atoms with Crippen molar-refractivity contribution in [2.24, 2.45) is 0 Å². The highest BCUT2D eigenvalue weighted by molar-refractivity contribution is 7.99. The zero-order valence-electron chi connectivity index (χ0n) is 7.14. The Morgan fingerprint density at radius 1 is 1.31 bits per heavy atom. The highest BCUT2D eigenvalue weighted by Crippen LogP contribution is 2.24. The van der Waals surface area contributed by atoms with Crippen molar-refractivity contribution >= 4 is 29.5 Å². The Balaban J connectivity index is 3.29. The van der Waals surface area contributed by atoms with Gasteiger partial charge in [-0.15, -0.1) is 23.5 Å². The molecule has 0 bridgehead atoms. The average Bonchev–Trinajstić information content (AvgIpc) is 2.16. The third-order valence-corrected chi connectivity index (χ3v) is 2.77. The van der Waals surface area contributed by atoms with Crippen LogP contribution in [0.2, 0.25) is 0 Å². The van der Waals surface area contributed by atoms with Crippen LogP contribution in [0, 0.1) is 0 Å². The van der Waals surface area contributed by atoms with Crippen molar-refractivity contribution in [3.63, 3.8) is 0 Å². The lowest BCUT2D eigenvalue weighted by molar-refractivity contribution is 0.0687. The molecule has 13 heavy (non-hydrogen) atoms. The number of aromatic carboxylic acids is 1. The Bertz CT molecular complexity index is 308. The van der Waals surface area contributed by atoms with E-state index < -0.39 is 5.97 Å². The molecule has 0 aliphatic heterocycles. The van der Waals surface area contributed by atoms with E-state index in [9.17, 15) is 4.79 Å². The van der Waals surface area contributed by atoms with Gasteiger partial charge in [0.15, 0.2) is 0 Å². The molecule has 70 valence electrons. The van der Waals surface area contributed by atoms with Crippen LogP contribution < -0.4 is 0 Å². The molecule has 0 saturated carbocycles. The van der Waals surface area contributed by atoms with Gasteiger partial charge >= 0.3 is 5.97 Å². The molecular weight excluding hydrogens is 208 g/mol. The summed E-state index contributed by atoms with van der Waals surface area (Å²) in [5.41, 5.74) is 0.197. The van der Waals surface area contributed by atoms with Gasteiger partial charge in [0.25, 0.3) is 0 Å². The molecule has 0 aliphatic carbocycles. The summed E-state index contributed by atoms with van der Waals surface area (Å²) in [6.07, 6.45) is 4.96. The van der Waals surface area contributed by atoms with Crippen LogP contribution >= 0.6 is 23.5 Å². The van der Waals surface area contributed by atoms with Crippen LogP contribution in [-0.4, -0.2) is 33.6 Å². The summed E-state index contributed by atoms with van der Waals surface area (Å²) in [5, 5.41) is 9.91. The first-order valence-electron chi connectivity index (χ1n) is 3.37. The molecule has 0 unspecified atom stereocenters. The van der Waals surface area contributed by atoms with E-state index in [1.807, 2.05) is 0 Å². The second-order valence-corrected chi connectivity index (χ2v) is 3.66. The van der Waals surface area contributed by atoms with Crippen molar-refractivity contribution in [2.75, 3.05) is 12.5 Å². The molecule has 0 atom stereocenters. The van der Waals surface area contributed by atoms with Gasteiger partial charge in [0.1, 0.15) is 21.9 Å². The zero-order valence-corrected chi connectivity index (χ0v) is 8.78. The van der Waals surface area contributed by atoms with Crippen LogP contribution in [0.3, 0.4) is 0 Å². The van der Waals surface area contributed by atoms with E-state index in [0.717, 1.165) is 0 Å². The molecule has 4 nitrogen and oxygen atoms in total. The van der Waals surface area contributed by atoms with Crippen molar-refractivity contribution in [3.8, 4) is 0 Å². The largest absolute Gasteiger partial charge is 0.477 e. The topological polar surface area (TPSA) is 63.1 Å². The Morgan fingerprint density at radius 3 is 2.08 bits per heavy atom. The molecular formula is C7H8N2O2S2. The van der Waals surface area contributed by atoms with Gasteiger partial charge in [0, 0.05) is 0 Å². The van der Waals surface area contributed by atoms with Crippen molar-refractivity contribution < 1.29 is 9.90 Å². The van der Waals surface area contributed by atoms with E-state index in [-0.39, 0.29) is 5.56 Å². The monoisotopic (exact) mass is 216 g/mol. The van der Waals surface area contributed by atoms with Gasteiger partial charge in [0.2, 0.25) is 0 Å². The number of carbonyl (C=O) groups is 1. The summed E-state index contributed by atoms with van der Waals surface area (Å²) in [4.78, 5) is 18.6. The van der Waals surface area contributed by atoms with Crippen molar-refractivity contribution in [1.29, 1.82) is 0 Å². The molecule has 6 heteroatoms. The summed E-state index contributed by atoms with van der Waals surface area (Å²) < 4.78 is 0. The second-order valence-electron chi connectivity index (χ2n) is 2.07. The first kappa shape index (κ1) is 10.3. The van der Waals surface area contributed by atoms with Crippen LogP contribution in [0.25, 0.3) is 0 Å². The molecule has 1 N–H and O–H groups in total. The fourth-order valence-corrected chi connectivity index (χ4v) is 1.99. The first-order chi connectivity index (χ1) is 6.20. The molecule has 0 radical (unpaired) electrons. The van der Waals surface area contributed by atoms with Crippen LogP contribution in [-0.2, 0) is 0 Å². The molecule has 1 aromatic rings. The highest BCUT2D eigenvalue weighted by atomic mass is 32.2. The minimum Gasteiger partial charge on any atom is -0.477 e. The lowest BCUT2D eigenvalue weighted by Crippen LogP contribution is -2.04. The number of thioether (sulfide) groups is 2. The number of carboxylic acids is 1. The fraction of sp³-hybridized carbons (Fsp3) is 0.286. The van der Waals surface area contributed by atoms with Crippen LogP contribution in [0.15, 0.2) is 16.4 Å². The Hall–Kier alpha value is -0.750. The predicted molar refractivity (Wildman–Crippen MR) is 52.6 cm³/mol. The van der Waals surface area contributed by atoms with E-state index in [1.54, 1.807) is 12.5 Å². The molecule has 0 aromatic carbocycles. The van der Waals surface area contributed by atoms with E-state index in [4.69, 9.17) is 5.11 Å². The van der Waals surface area contributed by atoms with Gasteiger partial charge in [-0.3, -0.25) is 0 Å². The smallest absolute Gasteiger partial charge is 0.341 e. The van der Waals surface area contributed by atoms with Gasteiger partial charge in [0.05, 0.1) is 0 Å². The van der Waals surface area contributed by atoms with Crippen LogP contribution in [0.5, 0.6) is 0 Å². The summed E-state index contributed by atoms with van der Waals surface area (Å²) in [7, 11) is 0. The Labute approximate surface area is 84.2 Å². The fourth-order valence-electron chi connectivity index (χ4n) is 0.847. The number of aromatic nitrogens is 2. The van der Waals surface area contributed by atoms with Gasteiger partial charge in [-0.1, -0.05) is 0 Å². The number of hydrogen-bond acceptors (Lipinski definition) is 5. The van der Waals surface area contributed by atoms with Gasteiger partial charge in [-0.05, 0) is 12.5 Å². The quantitative estimate of drug-likeness (QED) is 0.612. The minimum atomic E-state index is -0.977. The van der Waals surface area contributed by atoms with Crippen molar-refractivity contribution in [3.05, 3.63) is 11.9 Å². The lowest BCUT2D eigenvalue weighted by atomic mass is 10.3. The SMILES string of the molecule is CSc1ncnc(SC)c1C(=O)O. The average molecular weight is 216 g/mol. The van der Waals surface area contributed by atoms with Crippen LogP contribution in [0.4, 0.5) is 0 Å². The van der Waals surface area contributed by atoms with Gasteiger partial charge in [-0.2, -0.15) is 0 Å². The number of hydrogen-bond donors (Lipinski definition) is 1. The number of nitrogens with zero attached hydrogens (tertiary/aromatic N) is 2. The third kappa shape index (κ3) is 2.13. The summed E-state index contributed by atoms with van der Waals surface area (Å²) in [5.74, 6) is -0.977. The Morgan fingerprint density at radius 2 is 1.77 bits per heavy atom. The lowest BCUT2D eigenvalue weighted by Gasteiger charge is -2.04. The standard InChI is InChI=1S/C7H8N2O2S2/c1-12-5-4(7(10)11)6(13-2)9-3-8-5/h3H,1-2H3,(H,10,11). The maximum absolute atomic E-state index is 10.9. The zero-order chi connectivity index (χ0) is 9.84. The van der Waals surface area contributed by atoms with Crippen LogP contribution in [0.1, 0.15) is 10.4 Å². The number of carboxylic acid groups (broad SMARTS) is 1. The molecule has 1 rings (SSSR count). The van der Waals surface area contributed by atoms with E-state index in [2.05, 4.69) is 9.97 Å². The van der Waals surface area contributed by atoms with Gasteiger partial charge in [-0.25, -0.2) is 14.8 Å². The van der Waals surface area contributed by atoms with Crippen molar-refractivity contribution in [1.82, 2.24) is 9.97 Å². The van der Waals surface area contributed by atoms with E-state index >= 15 is 0 Å². The summed E-state index contributed by atoms with van der Waals surface area (Å²) in [6.45, 7) is 0. The second kappa shape index (κ2) is 4.48. The Kier molecular flexibility index (Phi) is 3.56. The third-order valence-electron chi connectivity index (χ3n) is 1.38. The molecule has 0 fully saturated rings. The normalized spacial score (nSPS) is 10.0. The molecule has 0 saturated heterocycles. The summed E-state index contributed by atoms with van der Waals surface area (Å²) >= 11 is 2.62. The molecule has 0 amide bonds. The molecule has 1 aromatic heterocycles. The van der Waals surface area contributed by atoms with E-state index in [0.29, 0.717) is 10.1 Å². The highest BCUT2D eigenvalue weighted by Gasteiger charge is 2.16. The molecule has 1 heterocycles. The maximum atomic E-state index is 10.9. The first-order valence-corrected chi connectivity index (χ1v) is 5.82. The van der Waals surface area contributed by atoms with Crippen molar-refractivity contribution in [2.45, 2.75) is 10.1 Å². The number of rotatable bonds is 3. The van der Waals surface area contributed by atoms with Gasteiger partial charge < -0.3 is 5.11 Å². The molecule has 0 aliphatic rings. The minimum absolute atomic E-state index is 0.197. The maximum Gasteiger partial charge on any atom is 0.341 e. The van der Waals surface area contributed by atoms with E-state index in [1.165, 1.54) is 29.9 Å². The molecule has 0 spiro atoms.